The molecular weight excluding hydrogens is 390 g/mol. The van der Waals surface area contributed by atoms with Crippen molar-refractivity contribution >= 4 is 27.3 Å². The molecule has 0 fully saturated rings. The van der Waals surface area contributed by atoms with E-state index in [9.17, 15) is 4.79 Å². The topological polar surface area (TPSA) is 90.6 Å². The fourth-order valence-corrected chi connectivity index (χ4v) is 3.48. The highest BCUT2D eigenvalue weighted by atomic mass is 32.1. The number of hydrogen-bond donors (Lipinski definition) is 1. The number of carbonyl (C=O) groups excluding carboxylic acids is 1. The van der Waals surface area contributed by atoms with Crippen molar-refractivity contribution in [2.75, 3.05) is 18.5 Å². The molecule has 0 saturated heterocycles. The Bertz CT molecular complexity index is 1140. The minimum absolute atomic E-state index is 0.102. The molecule has 4 rings (SSSR count). The number of aromatic nitrogens is 4. The summed E-state index contributed by atoms with van der Waals surface area (Å²) in [4.78, 5) is 12.8. The second-order valence-corrected chi connectivity index (χ2v) is 7.19. The molecule has 148 valence electrons. The molecule has 0 atom stereocenters. The third-order valence-electron chi connectivity index (χ3n) is 4.02. The molecule has 8 nitrogen and oxygen atoms in total. The van der Waals surface area contributed by atoms with E-state index in [1.54, 1.807) is 4.52 Å². The molecule has 29 heavy (non-hydrogen) atoms. The van der Waals surface area contributed by atoms with Crippen LogP contribution < -0.4 is 14.8 Å². The van der Waals surface area contributed by atoms with E-state index >= 15 is 0 Å². The Kier molecular flexibility index (Phi) is 5.39. The lowest BCUT2D eigenvalue weighted by molar-refractivity contribution is -0.118. The van der Waals surface area contributed by atoms with E-state index < -0.39 is 0 Å². The first-order valence-corrected chi connectivity index (χ1v) is 9.89. The summed E-state index contributed by atoms with van der Waals surface area (Å²) >= 11 is 1.24. The Morgan fingerprint density at radius 3 is 2.69 bits per heavy atom. The maximum atomic E-state index is 12.2. The third-order valence-corrected chi connectivity index (χ3v) is 4.83. The van der Waals surface area contributed by atoms with Gasteiger partial charge in [0.25, 0.3) is 5.91 Å². The van der Waals surface area contributed by atoms with Crippen LogP contribution in [0.3, 0.4) is 0 Å². The van der Waals surface area contributed by atoms with E-state index in [-0.39, 0.29) is 12.5 Å². The second kappa shape index (κ2) is 8.27. The van der Waals surface area contributed by atoms with Gasteiger partial charge in [0, 0.05) is 5.56 Å². The van der Waals surface area contributed by atoms with Gasteiger partial charge in [0.2, 0.25) is 10.1 Å². The molecule has 0 unspecified atom stereocenters. The van der Waals surface area contributed by atoms with Crippen molar-refractivity contribution in [2.24, 2.45) is 0 Å². The zero-order valence-corrected chi connectivity index (χ0v) is 16.8. The highest BCUT2D eigenvalue weighted by Gasteiger charge is 2.15. The van der Waals surface area contributed by atoms with Crippen LogP contribution in [0.5, 0.6) is 11.5 Å². The van der Waals surface area contributed by atoms with Crippen LogP contribution in [0.25, 0.3) is 16.3 Å². The van der Waals surface area contributed by atoms with Gasteiger partial charge in [-0.25, -0.2) is 0 Å². The fraction of sp³-hybridized carbons (Fsp3) is 0.200. The first-order valence-electron chi connectivity index (χ1n) is 9.07. The molecule has 2 heterocycles. The van der Waals surface area contributed by atoms with Crippen molar-refractivity contribution in [1.29, 1.82) is 0 Å². The lowest BCUT2D eigenvalue weighted by Crippen LogP contribution is -2.20. The monoisotopic (exact) mass is 409 g/mol. The van der Waals surface area contributed by atoms with Crippen LogP contribution in [0, 0.1) is 6.92 Å². The van der Waals surface area contributed by atoms with Gasteiger partial charge in [-0.05, 0) is 55.8 Å². The van der Waals surface area contributed by atoms with Gasteiger partial charge in [-0.15, -0.1) is 15.3 Å². The number of amides is 1. The Labute approximate surface area is 171 Å². The molecule has 0 aliphatic carbocycles. The Hall–Kier alpha value is -3.46. The van der Waals surface area contributed by atoms with Crippen LogP contribution in [0.4, 0.5) is 5.13 Å². The number of hydrogen-bond acceptors (Lipinski definition) is 7. The first-order chi connectivity index (χ1) is 14.1. The summed E-state index contributed by atoms with van der Waals surface area (Å²) in [6.07, 6.45) is 0. The van der Waals surface area contributed by atoms with E-state index in [0.717, 1.165) is 16.9 Å². The number of fused-ring (bicyclic) bond motifs is 1. The summed E-state index contributed by atoms with van der Waals surface area (Å²) < 4.78 is 12.6. The van der Waals surface area contributed by atoms with Crippen LogP contribution in [0.2, 0.25) is 0 Å². The smallest absolute Gasteiger partial charge is 0.264 e. The number of anilines is 1. The largest absolute Gasteiger partial charge is 0.494 e. The maximum Gasteiger partial charge on any atom is 0.264 e. The number of ether oxygens (including phenoxy) is 2. The van der Waals surface area contributed by atoms with Crippen molar-refractivity contribution in [2.45, 2.75) is 13.8 Å². The molecule has 0 aliphatic heterocycles. The number of carbonyl (C=O) groups is 1. The third kappa shape index (κ3) is 4.35. The molecule has 0 radical (unpaired) electrons. The zero-order valence-electron chi connectivity index (χ0n) is 16.0. The van der Waals surface area contributed by atoms with Crippen molar-refractivity contribution in [1.82, 2.24) is 19.8 Å². The molecule has 0 spiro atoms. The summed E-state index contributed by atoms with van der Waals surface area (Å²) in [5.74, 6) is 1.74. The van der Waals surface area contributed by atoms with Crippen LogP contribution in [-0.4, -0.2) is 38.9 Å². The summed E-state index contributed by atoms with van der Waals surface area (Å²) in [5.41, 5.74) is 1.92. The minimum Gasteiger partial charge on any atom is -0.494 e. The Balaban J connectivity index is 1.44. The van der Waals surface area contributed by atoms with E-state index in [1.807, 2.05) is 62.4 Å². The van der Waals surface area contributed by atoms with Crippen LogP contribution in [-0.2, 0) is 4.79 Å². The quantitative estimate of drug-likeness (QED) is 0.502. The highest BCUT2D eigenvalue weighted by Crippen LogP contribution is 2.25. The standard InChI is InChI=1S/C20H19N5O3S/c1-3-27-15-9-7-14(8-10-15)18-22-23-20-25(18)24-19(29-20)21-17(26)12-28-16-6-4-5-13(2)11-16/h4-11H,3,12H2,1-2H3,(H,21,24,26). The fourth-order valence-electron chi connectivity index (χ4n) is 2.72. The molecule has 2 aromatic carbocycles. The number of nitrogens with zero attached hydrogens (tertiary/aromatic N) is 4. The summed E-state index contributed by atoms with van der Waals surface area (Å²) in [6, 6.07) is 15.1. The second-order valence-electron chi connectivity index (χ2n) is 6.24. The van der Waals surface area contributed by atoms with Gasteiger partial charge in [-0.2, -0.15) is 4.52 Å². The highest BCUT2D eigenvalue weighted by molar-refractivity contribution is 7.20. The van der Waals surface area contributed by atoms with Crippen molar-refractivity contribution < 1.29 is 14.3 Å². The van der Waals surface area contributed by atoms with Gasteiger partial charge < -0.3 is 9.47 Å². The van der Waals surface area contributed by atoms with Gasteiger partial charge in [-0.3, -0.25) is 10.1 Å². The number of benzene rings is 2. The average Bonchev–Trinajstić information content (AvgIpc) is 3.28. The molecule has 0 saturated carbocycles. The molecule has 1 amide bonds. The SMILES string of the molecule is CCOc1ccc(-c2nnc3sc(NC(=O)COc4cccc(C)c4)nn23)cc1. The van der Waals surface area contributed by atoms with Crippen molar-refractivity contribution in [3.05, 3.63) is 54.1 Å². The minimum atomic E-state index is -0.293. The number of aryl methyl sites for hydroxylation is 1. The lowest BCUT2D eigenvalue weighted by Gasteiger charge is -2.06. The van der Waals surface area contributed by atoms with Crippen LogP contribution in [0.15, 0.2) is 48.5 Å². The molecule has 2 aromatic heterocycles. The van der Waals surface area contributed by atoms with E-state index in [4.69, 9.17) is 9.47 Å². The predicted octanol–water partition coefficient (Wildman–Crippen LogP) is 3.58. The zero-order chi connectivity index (χ0) is 20.2. The lowest BCUT2D eigenvalue weighted by atomic mass is 10.2. The molecule has 9 heteroatoms. The normalized spacial score (nSPS) is 10.8. The van der Waals surface area contributed by atoms with Gasteiger partial charge in [0.1, 0.15) is 11.5 Å². The first kappa shape index (κ1) is 18.9. The molecular formula is C20H19N5O3S. The Morgan fingerprint density at radius 1 is 1.10 bits per heavy atom. The molecule has 4 aromatic rings. The van der Waals surface area contributed by atoms with Gasteiger partial charge in [0.15, 0.2) is 12.4 Å². The molecule has 1 N–H and O–H groups in total. The average molecular weight is 409 g/mol. The molecule has 0 bridgehead atoms. The predicted molar refractivity (Wildman–Crippen MR) is 111 cm³/mol. The van der Waals surface area contributed by atoms with Crippen LogP contribution >= 0.6 is 11.3 Å². The number of nitrogens with one attached hydrogen (secondary N) is 1. The van der Waals surface area contributed by atoms with Crippen molar-refractivity contribution in [3.8, 4) is 22.9 Å². The van der Waals surface area contributed by atoms with Gasteiger partial charge >= 0.3 is 0 Å². The van der Waals surface area contributed by atoms with Crippen molar-refractivity contribution in [3.63, 3.8) is 0 Å². The van der Waals surface area contributed by atoms with Crippen LogP contribution in [0.1, 0.15) is 12.5 Å². The summed E-state index contributed by atoms with van der Waals surface area (Å²) in [5, 5.41) is 15.9. The van der Waals surface area contributed by atoms with Gasteiger partial charge in [-0.1, -0.05) is 23.5 Å². The maximum absolute atomic E-state index is 12.2. The van der Waals surface area contributed by atoms with E-state index in [2.05, 4.69) is 20.6 Å². The van der Waals surface area contributed by atoms with E-state index in [0.29, 0.717) is 28.3 Å². The summed E-state index contributed by atoms with van der Waals surface area (Å²) in [7, 11) is 0. The van der Waals surface area contributed by atoms with Gasteiger partial charge in [0.05, 0.1) is 6.61 Å². The molecule has 0 aliphatic rings. The summed E-state index contributed by atoms with van der Waals surface area (Å²) in [6.45, 7) is 4.41. The van der Waals surface area contributed by atoms with E-state index in [1.165, 1.54) is 11.3 Å². The Morgan fingerprint density at radius 2 is 1.93 bits per heavy atom. The number of rotatable bonds is 7.